The Morgan fingerprint density at radius 2 is 2.06 bits per heavy atom. The number of hydrogen-bond donors (Lipinski definition) is 1. The third-order valence-corrected chi connectivity index (χ3v) is 4.37. The first kappa shape index (κ1) is 12.2. The first-order valence-electron chi connectivity index (χ1n) is 6.08. The maximum absolute atomic E-state index is 6.05. The highest BCUT2D eigenvalue weighted by Gasteiger charge is 2.14. The van der Waals surface area contributed by atoms with E-state index in [-0.39, 0.29) is 0 Å². The molecule has 0 saturated heterocycles. The molecule has 0 amide bonds. The average molecular weight is 245 g/mol. The molecule has 1 atom stereocenters. The molecule has 0 aliphatic carbocycles. The number of allylic oxidation sites excluding steroid dienone is 2. The van der Waals surface area contributed by atoms with E-state index in [1.54, 1.807) is 0 Å². The van der Waals surface area contributed by atoms with E-state index in [1.165, 1.54) is 20.5 Å². The van der Waals surface area contributed by atoms with Crippen molar-refractivity contribution in [2.45, 2.75) is 27.2 Å². The zero-order chi connectivity index (χ0) is 12.4. The van der Waals surface area contributed by atoms with Gasteiger partial charge in [-0.15, -0.1) is 11.3 Å². The van der Waals surface area contributed by atoms with Gasteiger partial charge in [0.05, 0.1) is 0 Å². The lowest BCUT2D eigenvalue weighted by Gasteiger charge is -2.14. The predicted molar refractivity (Wildman–Crippen MR) is 78.1 cm³/mol. The molecule has 0 radical (unpaired) electrons. The Bertz CT molecular complexity index is 514. The summed E-state index contributed by atoms with van der Waals surface area (Å²) in [4.78, 5) is 1.32. The van der Waals surface area contributed by atoms with Gasteiger partial charge in [0, 0.05) is 15.3 Å². The zero-order valence-electron chi connectivity index (χ0n) is 10.7. The molecule has 0 saturated carbocycles. The van der Waals surface area contributed by atoms with E-state index >= 15 is 0 Å². The van der Waals surface area contributed by atoms with Crippen molar-refractivity contribution in [2.24, 2.45) is 11.7 Å². The van der Waals surface area contributed by atoms with Crippen molar-refractivity contribution in [3.63, 3.8) is 0 Å². The molecule has 0 fully saturated rings. The first-order chi connectivity index (χ1) is 8.13. The van der Waals surface area contributed by atoms with Crippen LogP contribution in [0.1, 0.15) is 32.1 Å². The van der Waals surface area contributed by atoms with Crippen LogP contribution in [-0.2, 0) is 0 Å². The number of benzene rings is 1. The van der Waals surface area contributed by atoms with Crippen LogP contribution < -0.4 is 5.73 Å². The lowest BCUT2D eigenvalue weighted by Crippen LogP contribution is -2.04. The van der Waals surface area contributed by atoms with E-state index in [0.29, 0.717) is 5.92 Å². The highest BCUT2D eigenvalue weighted by atomic mass is 32.1. The van der Waals surface area contributed by atoms with Crippen LogP contribution in [0.5, 0.6) is 0 Å². The standard InChI is InChI=1S/C15H19NS/c1-4-10(2)15(11(3)16)14-9-12-7-5-6-8-13(12)17-14/h5-10H,4,16H2,1-3H3/b15-11+/t10-/m1/s1. The molecule has 2 heteroatoms. The number of hydrogen-bond acceptors (Lipinski definition) is 2. The minimum absolute atomic E-state index is 0.521. The lowest BCUT2D eigenvalue weighted by molar-refractivity contribution is 0.714. The maximum atomic E-state index is 6.05. The summed E-state index contributed by atoms with van der Waals surface area (Å²) in [6, 6.07) is 10.8. The van der Waals surface area contributed by atoms with E-state index < -0.39 is 0 Å². The van der Waals surface area contributed by atoms with Crippen LogP contribution in [0.25, 0.3) is 15.7 Å². The Morgan fingerprint density at radius 1 is 1.35 bits per heavy atom. The summed E-state index contributed by atoms with van der Waals surface area (Å²) < 4.78 is 1.34. The topological polar surface area (TPSA) is 26.0 Å². The minimum Gasteiger partial charge on any atom is -0.402 e. The van der Waals surface area contributed by atoms with Crippen molar-refractivity contribution >= 4 is 27.0 Å². The molecule has 0 aliphatic heterocycles. The molecule has 1 aromatic carbocycles. The molecule has 2 aromatic rings. The fraction of sp³-hybridized carbons (Fsp3) is 0.333. The van der Waals surface area contributed by atoms with Gasteiger partial charge < -0.3 is 5.73 Å². The maximum Gasteiger partial charge on any atom is 0.0349 e. The quantitative estimate of drug-likeness (QED) is 0.837. The molecule has 0 spiro atoms. The molecule has 2 N–H and O–H groups in total. The molecule has 17 heavy (non-hydrogen) atoms. The van der Waals surface area contributed by atoms with Crippen molar-refractivity contribution in [2.75, 3.05) is 0 Å². The fourth-order valence-corrected chi connectivity index (χ4v) is 3.43. The van der Waals surface area contributed by atoms with Gasteiger partial charge in [-0.1, -0.05) is 32.0 Å². The van der Waals surface area contributed by atoms with Crippen LogP contribution in [0.2, 0.25) is 0 Å². The Morgan fingerprint density at radius 3 is 2.65 bits per heavy atom. The molecule has 90 valence electrons. The summed E-state index contributed by atoms with van der Waals surface area (Å²) in [5, 5.41) is 1.31. The van der Waals surface area contributed by atoms with Gasteiger partial charge in [0.1, 0.15) is 0 Å². The summed E-state index contributed by atoms with van der Waals surface area (Å²) in [5.41, 5.74) is 8.32. The van der Waals surface area contributed by atoms with E-state index in [4.69, 9.17) is 5.73 Å². The van der Waals surface area contributed by atoms with Gasteiger partial charge in [-0.05, 0) is 42.4 Å². The van der Waals surface area contributed by atoms with Gasteiger partial charge in [-0.3, -0.25) is 0 Å². The van der Waals surface area contributed by atoms with Crippen molar-refractivity contribution < 1.29 is 0 Å². The summed E-state index contributed by atoms with van der Waals surface area (Å²) in [7, 11) is 0. The number of rotatable bonds is 3. The molecule has 0 bridgehead atoms. The van der Waals surface area contributed by atoms with E-state index in [1.807, 2.05) is 18.3 Å². The Hall–Kier alpha value is -1.28. The highest BCUT2D eigenvalue weighted by molar-refractivity contribution is 7.20. The largest absolute Gasteiger partial charge is 0.402 e. The molecule has 0 unspecified atom stereocenters. The SMILES string of the molecule is CC[C@@H](C)/C(=C(/C)N)c1cc2ccccc2s1. The zero-order valence-corrected chi connectivity index (χ0v) is 11.5. The fourth-order valence-electron chi connectivity index (χ4n) is 2.14. The second kappa shape index (κ2) is 4.92. The van der Waals surface area contributed by atoms with Crippen LogP contribution in [-0.4, -0.2) is 0 Å². The summed E-state index contributed by atoms with van der Waals surface area (Å²) >= 11 is 1.84. The second-order valence-electron chi connectivity index (χ2n) is 4.55. The van der Waals surface area contributed by atoms with E-state index in [2.05, 4.69) is 44.2 Å². The summed E-state index contributed by atoms with van der Waals surface area (Å²) in [6.07, 6.45) is 1.12. The van der Waals surface area contributed by atoms with Gasteiger partial charge in [-0.2, -0.15) is 0 Å². The van der Waals surface area contributed by atoms with Gasteiger partial charge in [0.15, 0.2) is 0 Å². The molecule has 0 aliphatic rings. The molecule has 2 rings (SSSR count). The molecule has 1 aromatic heterocycles. The van der Waals surface area contributed by atoms with E-state index in [9.17, 15) is 0 Å². The Balaban J connectivity index is 2.54. The predicted octanol–water partition coefficient (Wildman–Crippen LogP) is 4.64. The third-order valence-electron chi connectivity index (χ3n) is 3.22. The first-order valence-corrected chi connectivity index (χ1v) is 6.90. The second-order valence-corrected chi connectivity index (χ2v) is 5.64. The number of fused-ring (bicyclic) bond motifs is 1. The Kier molecular flexibility index (Phi) is 3.53. The summed E-state index contributed by atoms with van der Waals surface area (Å²) in [6.45, 7) is 6.46. The van der Waals surface area contributed by atoms with Gasteiger partial charge in [-0.25, -0.2) is 0 Å². The molecular weight excluding hydrogens is 226 g/mol. The monoisotopic (exact) mass is 245 g/mol. The lowest BCUT2D eigenvalue weighted by atomic mass is 9.95. The Labute approximate surface area is 107 Å². The van der Waals surface area contributed by atoms with Gasteiger partial charge >= 0.3 is 0 Å². The van der Waals surface area contributed by atoms with Crippen LogP contribution in [0, 0.1) is 5.92 Å². The molecule has 1 nitrogen and oxygen atoms in total. The van der Waals surface area contributed by atoms with Gasteiger partial charge in [0.25, 0.3) is 0 Å². The van der Waals surface area contributed by atoms with Crippen molar-refractivity contribution in [1.82, 2.24) is 0 Å². The van der Waals surface area contributed by atoms with Crippen molar-refractivity contribution in [3.05, 3.63) is 40.9 Å². The smallest absolute Gasteiger partial charge is 0.0349 e. The van der Waals surface area contributed by atoms with Crippen molar-refractivity contribution in [3.8, 4) is 0 Å². The number of thiophene rings is 1. The number of nitrogens with two attached hydrogens (primary N) is 1. The van der Waals surface area contributed by atoms with Gasteiger partial charge in [0.2, 0.25) is 0 Å². The average Bonchev–Trinajstić information content (AvgIpc) is 2.71. The van der Waals surface area contributed by atoms with Crippen LogP contribution >= 0.6 is 11.3 Å². The minimum atomic E-state index is 0.521. The third kappa shape index (κ3) is 2.37. The van der Waals surface area contributed by atoms with Crippen LogP contribution in [0.3, 0.4) is 0 Å². The van der Waals surface area contributed by atoms with Crippen molar-refractivity contribution in [1.29, 1.82) is 0 Å². The molecule has 1 heterocycles. The summed E-state index contributed by atoms with van der Waals surface area (Å²) in [5.74, 6) is 0.521. The van der Waals surface area contributed by atoms with E-state index in [0.717, 1.165) is 12.1 Å². The normalized spacial score (nSPS) is 14.8. The molecular formula is C15H19NS. The highest BCUT2D eigenvalue weighted by Crippen LogP contribution is 2.35. The van der Waals surface area contributed by atoms with Crippen LogP contribution in [0.15, 0.2) is 36.0 Å². The van der Waals surface area contributed by atoms with Crippen LogP contribution in [0.4, 0.5) is 0 Å².